The first kappa shape index (κ1) is 8.61. The van der Waals surface area contributed by atoms with Gasteiger partial charge in [0.2, 0.25) is 0 Å². The molecule has 0 amide bonds. The molecule has 0 fully saturated rings. The normalized spacial score (nSPS) is 9.08. The number of benzene rings is 1. The maximum atomic E-state index is 8.49. The summed E-state index contributed by atoms with van der Waals surface area (Å²) in [6.07, 6.45) is 0.468. The van der Waals surface area contributed by atoms with Gasteiger partial charge in [-0.1, -0.05) is 6.07 Å². The highest BCUT2D eigenvalue weighted by Crippen LogP contribution is 2.16. The highest BCUT2D eigenvalue weighted by Gasteiger charge is 1.98. The molecule has 0 bridgehead atoms. The third-order valence-electron chi connectivity index (χ3n) is 1.82. The van der Waals surface area contributed by atoms with Crippen molar-refractivity contribution < 1.29 is 4.74 Å². The van der Waals surface area contributed by atoms with Crippen LogP contribution >= 0.6 is 0 Å². The Bertz CT molecular complexity index is 312. The third-order valence-corrected chi connectivity index (χ3v) is 1.82. The van der Waals surface area contributed by atoms with Gasteiger partial charge in [-0.05, 0) is 30.2 Å². The molecule has 0 atom stereocenters. The Hall–Kier alpha value is -1.49. The van der Waals surface area contributed by atoms with Gasteiger partial charge >= 0.3 is 0 Å². The standard InChI is InChI=1S/C10H11NO/c1-8-7-10(12-2)4-3-9(8)5-6-11/h3-4,7H,5H2,1-2H3. The highest BCUT2D eigenvalue weighted by atomic mass is 16.5. The summed E-state index contributed by atoms with van der Waals surface area (Å²) < 4.78 is 5.05. The van der Waals surface area contributed by atoms with Crippen LogP contribution in [0.2, 0.25) is 0 Å². The lowest BCUT2D eigenvalue weighted by Crippen LogP contribution is -1.89. The lowest BCUT2D eigenvalue weighted by atomic mass is 10.1. The molecule has 0 spiro atoms. The summed E-state index contributed by atoms with van der Waals surface area (Å²) in [4.78, 5) is 0. The average molecular weight is 161 g/mol. The second-order valence-electron chi connectivity index (χ2n) is 2.63. The van der Waals surface area contributed by atoms with E-state index >= 15 is 0 Å². The lowest BCUT2D eigenvalue weighted by Gasteiger charge is -2.04. The van der Waals surface area contributed by atoms with Crippen molar-refractivity contribution >= 4 is 0 Å². The largest absolute Gasteiger partial charge is 0.497 e. The molecule has 0 aliphatic carbocycles. The van der Waals surface area contributed by atoms with E-state index in [0.29, 0.717) is 6.42 Å². The summed E-state index contributed by atoms with van der Waals surface area (Å²) in [5.74, 6) is 0.842. The van der Waals surface area contributed by atoms with Gasteiger partial charge in [0, 0.05) is 0 Å². The fraction of sp³-hybridized carbons (Fsp3) is 0.300. The number of nitrogens with zero attached hydrogens (tertiary/aromatic N) is 1. The van der Waals surface area contributed by atoms with Gasteiger partial charge in [-0.15, -0.1) is 0 Å². The molecule has 0 unspecified atom stereocenters. The predicted molar refractivity (Wildman–Crippen MR) is 47.0 cm³/mol. The highest BCUT2D eigenvalue weighted by molar-refractivity contribution is 5.35. The molecule has 1 aromatic carbocycles. The summed E-state index contributed by atoms with van der Waals surface area (Å²) >= 11 is 0. The monoisotopic (exact) mass is 161 g/mol. The molecule has 12 heavy (non-hydrogen) atoms. The zero-order chi connectivity index (χ0) is 8.97. The minimum absolute atomic E-state index is 0.468. The number of rotatable bonds is 2. The fourth-order valence-electron chi connectivity index (χ4n) is 1.08. The Morgan fingerprint density at radius 1 is 1.50 bits per heavy atom. The van der Waals surface area contributed by atoms with Crippen molar-refractivity contribution in [2.24, 2.45) is 0 Å². The van der Waals surface area contributed by atoms with Gasteiger partial charge in [0.1, 0.15) is 5.75 Å². The predicted octanol–water partition coefficient (Wildman–Crippen LogP) is 2.07. The zero-order valence-corrected chi connectivity index (χ0v) is 7.29. The van der Waals surface area contributed by atoms with Crippen molar-refractivity contribution in [2.75, 3.05) is 7.11 Å². The summed E-state index contributed by atoms with van der Waals surface area (Å²) in [5, 5.41) is 8.49. The van der Waals surface area contributed by atoms with E-state index in [-0.39, 0.29) is 0 Å². The summed E-state index contributed by atoms with van der Waals surface area (Å²) in [6.45, 7) is 1.98. The van der Waals surface area contributed by atoms with Crippen LogP contribution in [0.4, 0.5) is 0 Å². The number of hydrogen-bond donors (Lipinski definition) is 0. The van der Waals surface area contributed by atoms with Crippen LogP contribution in [0.5, 0.6) is 5.75 Å². The van der Waals surface area contributed by atoms with E-state index in [0.717, 1.165) is 16.9 Å². The van der Waals surface area contributed by atoms with E-state index in [1.54, 1.807) is 7.11 Å². The first-order valence-corrected chi connectivity index (χ1v) is 3.78. The second kappa shape index (κ2) is 3.77. The van der Waals surface area contributed by atoms with Crippen molar-refractivity contribution in [2.45, 2.75) is 13.3 Å². The van der Waals surface area contributed by atoms with Gasteiger partial charge in [-0.25, -0.2) is 0 Å². The Balaban J connectivity index is 2.97. The van der Waals surface area contributed by atoms with Crippen molar-refractivity contribution in [1.82, 2.24) is 0 Å². The second-order valence-corrected chi connectivity index (χ2v) is 2.63. The number of methoxy groups -OCH3 is 1. The first-order chi connectivity index (χ1) is 5.77. The molecule has 1 aromatic rings. The van der Waals surface area contributed by atoms with Crippen LogP contribution in [0.3, 0.4) is 0 Å². The van der Waals surface area contributed by atoms with E-state index in [2.05, 4.69) is 6.07 Å². The zero-order valence-electron chi connectivity index (χ0n) is 7.29. The number of nitriles is 1. The molecule has 0 heterocycles. The molecule has 2 heteroatoms. The summed E-state index contributed by atoms with van der Waals surface area (Å²) in [7, 11) is 1.64. The topological polar surface area (TPSA) is 33.0 Å². The van der Waals surface area contributed by atoms with Crippen LogP contribution in [-0.2, 0) is 6.42 Å². The lowest BCUT2D eigenvalue weighted by molar-refractivity contribution is 0.414. The van der Waals surface area contributed by atoms with Crippen LogP contribution in [0.15, 0.2) is 18.2 Å². The third kappa shape index (κ3) is 1.76. The molecule has 0 radical (unpaired) electrons. The molecule has 0 N–H and O–H groups in total. The van der Waals surface area contributed by atoms with E-state index in [1.807, 2.05) is 25.1 Å². The van der Waals surface area contributed by atoms with Gasteiger partial charge in [0.15, 0.2) is 0 Å². The fourth-order valence-corrected chi connectivity index (χ4v) is 1.08. The van der Waals surface area contributed by atoms with Gasteiger partial charge in [0.25, 0.3) is 0 Å². The SMILES string of the molecule is COc1ccc(CC#N)c(C)c1. The van der Waals surface area contributed by atoms with Crippen LogP contribution in [0.25, 0.3) is 0 Å². The van der Waals surface area contributed by atoms with Gasteiger partial charge in [-0.2, -0.15) is 5.26 Å². The van der Waals surface area contributed by atoms with Crippen molar-refractivity contribution in [3.63, 3.8) is 0 Å². The van der Waals surface area contributed by atoms with Crippen LogP contribution < -0.4 is 4.74 Å². The van der Waals surface area contributed by atoms with Gasteiger partial charge < -0.3 is 4.74 Å². The van der Waals surface area contributed by atoms with Crippen LogP contribution in [0.1, 0.15) is 11.1 Å². The average Bonchev–Trinajstić information content (AvgIpc) is 2.09. The molecule has 0 aliphatic rings. The number of hydrogen-bond acceptors (Lipinski definition) is 2. The van der Waals surface area contributed by atoms with E-state index in [9.17, 15) is 0 Å². The molecular weight excluding hydrogens is 150 g/mol. The molecule has 1 rings (SSSR count). The first-order valence-electron chi connectivity index (χ1n) is 3.78. The molecule has 62 valence electrons. The van der Waals surface area contributed by atoms with Crippen molar-refractivity contribution in [3.05, 3.63) is 29.3 Å². The number of aryl methyl sites for hydroxylation is 1. The molecule has 0 saturated heterocycles. The van der Waals surface area contributed by atoms with E-state index < -0.39 is 0 Å². The van der Waals surface area contributed by atoms with E-state index in [4.69, 9.17) is 10.00 Å². The van der Waals surface area contributed by atoms with Gasteiger partial charge in [-0.3, -0.25) is 0 Å². The quantitative estimate of drug-likeness (QED) is 0.665. The Morgan fingerprint density at radius 3 is 2.75 bits per heavy atom. The minimum Gasteiger partial charge on any atom is -0.497 e. The van der Waals surface area contributed by atoms with E-state index in [1.165, 1.54) is 0 Å². The number of ether oxygens (including phenoxy) is 1. The Morgan fingerprint density at radius 2 is 2.25 bits per heavy atom. The van der Waals surface area contributed by atoms with Crippen LogP contribution in [0, 0.1) is 18.3 Å². The Kier molecular flexibility index (Phi) is 2.71. The maximum Gasteiger partial charge on any atom is 0.119 e. The molecule has 0 aliphatic heterocycles. The molecular formula is C10H11NO. The Labute approximate surface area is 72.4 Å². The van der Waals surface area contributed by atoms with Gasteiger partial charge in [0.05, 0.1) is 19.6 Å². The summed E-state index contributed by atoms with van der Waals surface area (Å²) in [5.41, 5.74) is 2.18. The smallest absolute Gasteiger partial charge is 0.119 e. The van der Waals surface area contributed by atoms with Crippen molar-refractivity contribution in [1.29, 1.82) is 5.26 Å². The summed E-state index contributed by atoms with van der Waals surface area (Å²) in [6, 6.07) is 7.86. The van der Waals surface area contributed by atoms with Crippen molar-refractivity contribution in [3.8, 4) is 11.8 Å². The maximum absolute atomic E-state index is 8.49. The minimum atomic E-state index is 0.468. The molecule has 0 saturated carbocycles. The molecule has 0 aromatic heterocycles. The molecule has 2 nitrogen and oxygen atoms in total. The van der Waals surface area contributed by atoms with Crippen LogP contribution in [-0.4, -0.2) is 7.11 Å².